The Hall–Kier alpha value is -2.48. The number of benzene rings is 1. The summed E-state index contributed by atoms with van der Waals surface area (Å²) in [5, 5.41) is 13.3. The van der Waals surface area contributed by atoms with Crippen LogP contribution < -0.4 is 15.4 Å². The average Bonchev–Trinajstić information content (AvgIpc) is 2.84. The van der Waals surface area contributed by atoms with Gasteiger partial charge in [-0.25, -0.2) is 0 Å². The maximum absolute atomic E-state index is 11.8. The molecule has 0 saturated carbocycles. The second-order valence-electron chi connectivity index (χ2n) is 3.73. The summed E-state index contributed by atoms with van der Waals surface area (Å²) in [6, 6.07) is 6.81. The summed E-state index contributed by atoms with van der Waals surface area (Å²) in [6.45, 7) is 1.75. The largest absolute Gasteiger partial charge is 0.495 e. The van der Waals surface area contributed by atoms with Gasteiger partial charge in [-0.05, 0) is 19.1 Å². The smallest absolute Gasteiger partial charge is 0.315 e. The van der Waals surface area contributed by atoms with Crippen LogP contribution in [0.15, 0.2) is 24.3 Å². The summed E-state index contributed by atoms with van der Waals surface area (Å²) < 4.78 is 5.08. The molecule has 0 fully saturated rings. The van der Waals surface area contributed by atoms with Crippen LogP contribution in [0.25, 0.3) is 0 Å². The number of nitrogens with zero attached hydrogens (tertiary/aromatic N) is 2. The molecule has 8 heteroatoms. The van der Waals surface area contributed by atoms with E-state index in [0.717, 1.165) is 0 Å². The van der Waals surface area contributed by atoms with Crippen LogP contribution in [0.4, 0.5) is 10.8 Å². The zero-order chi connectivity index (χ0) is 14.5. The van der Waals surface area contributed by atoms with Crippen molar-refractivity contribution in [3.8, 4) is 5.75 Å². The molecule has 2 amide bonds. The van der Waals surface area contributed by atoms with Crippen LogP contribution in [-0.2, 0) is 9.59 Å². The quantitative estimate of drug-likeness (QED) is 0.835. The van der Waals surface area contributed by atoms with Crippen molar-refractivity contribution >= 4 is 34.0 Å². The lowest BCUT2D eigenvalue weighted by Crippen LogP contribution is -2.29. The minimum Gasteiger partial charge on any atom is -0.495 e. The van der Waals surface area contributed by atoms with Crippen molar-refractivity contribution in [3.05, 3.63) is 29.3 Å². The van der Waals surface area contributed by atoms with Gasteiger partial charge in [0.15, 0.2) is 0 Å². The summed E-state index contributed by atoms with van der Waals surface area (Å²) in [4.78, 5) is 23.5. The van der Waals surface area contributed by atoms with E-state index in [0.29, 0.717) is 16.4 Å². The summed E-state index contributed by atoms with van der Waals surface area (Å²) in [5.41, 5.74) is 0.420. The molecule has 1 aromatic carbocycles. The molecular formula is C12H12N4O3S. The molecule has 0 bridgehead atoms. The first-order valence-electron chi connectivity index (χ1n) is 5.65. The predicted molar refractivity (Wildman–Crippen MR) is 74.9 cm³/mol. The highest BCUT2D eigenvalue weighted by molar-refractivity contribution is 7.15. The van der Waals surface area contributed by atoms with Gasteiger partial charge < -0.3 is 10.1 Å². The van der Waals surface area contributed by atoms with Crippen LogP contribution in [0.5, 0.6) is 5.75 Å². The van der Waals surface area contributed by atoms with Crippen molar-refractivity contribution in [1.29, 1.82) is 0 Å². The molecule has 0 aliphatic rings. The number of carbonyl (C=O) groups is 2. The number of aromatic nitrogens is 2. The van der Waals surface area contributed by atoms with Gasteiger partial charge in [0.2, 0.25) is 5.13 Å². The fourth-order valence-electron chi connectivity index (χ4n) is 1.43. The number of carbonyl (C=O) groups excluding carboxylic acids is 2. The Kier molecular flexibility index (Phi) is 4.26. The van der Waals surface area contributed by atoms with Gasteiger partial charge in [-0.15, -0.1) is 10.2 Å². The van der Waals surface area contributed by atoms with Gasteiger partial charge in [-0.1, -0.05) is 23.5 Å². The van der Waals surface area contributed by atoms with E-state index in [1.165, 1.54) is 18.4 Å². The standard InChI is InChI=1S/C12H12N4O3S/c1-7-15-16-12(20-7)14-11(18)10(17)13-8-5-3-4-6-9(8)19-2/h3-6H,1-2H3,(H,13,17)(H,14,16,18). The van der Waals surface area contributed by atoms with Gasteiger partial charge in [0, 0.05) is 0 Å². The van der Waals surface area contributed by atoms with E-state index in [4.69, 9.17) is 4.74 Å². The van der Waals surface area contributed by atoms with Crippen molar-refractivity contribution < 1.29 is 14.3 Å². The zero-order valence-corrected chi connectivity index (χ0v) is 11.7. The van der Waals surface area contributed by atoms with Crippen LogP contribution in [-0.4, -0.2) is 29.1 Å². The number of anilines is 2. The molecule has 0 radical (unpaired) electrons. The van der Waals surface area contributed by atoms with Gasteiger partial charge in [0.25, 0.3) is 0 Å². The third kappa shape index (κ3) is 3.29. The topological polar surface area (TPSA) is 93.2 Å². The fraction of sp³-hybridized carbons (Fsp3) is 0.167. The van der Waals surface area contributed by atoms with E-state index >= 15 is 0 Å². The summed E-state index contributed by atoms with van der Waals surface area (Å²) >= 11 is 1.19. The minimum absolute atomic E-state index is 0.280. The van der Waals surface area contributed by atoms with Gasteiger partial charge in [0.05, 0.1) is 12.8 Å². The first kappa shape index (κ1) is 13.9. The highest BCUT2D eigenvalue weighted by atomic mass is 32.1. The lowest BCUT2D eigenvalue weighted by Gasteiger charge is -2.08. The van der Waals surface area contributed by atoms with Crippen LogP contribution in [0.1, 0.15) is 5.01 Å². The predicted octanol–water partition coefficient (Wildman–Crippen LogP) is 1.43. The Labute approximate surface area is 119 Å². The second-order valence-corrected chi connectivity index (χ2v) is 4.92. The molecular weight excluding hydrogens is 280 g/mol. The van der Waals surface area contributed by atoms with Crippen LogP contribution in [0.3, 0.4) is 0 Å². The maximum atomic E-state index is 11.8. The number of para-hydroxylation sites is 2. The van der Waals surface area contributed by atoms with Gasteiger partial charge >= 0.3 is 11.8 Å². The number of hydrogen-bond acceptors (Lipinski definition) is 6. The van der Waals surface area contributed by atoms with Crippen molar-refractivity contribution in [2.75, 3.05) is 17.7 Å². The van der Waals surface area contributed by atoms with E-state index in [9.17, 15) is 9.59 Å². The lowest BCUT2D eigenvalue weighted by atomic mass is 10.3. The summed E-state index contributed by atoms with van der Waals surface area (Å²) in [6.07, 6.45) is 0. The fourth-order valence-corrected chi connectivity index (χ4v) is 2.01. The molecule has 2 N–H and O–H groups in total. The molecule has 20 heavy (non-hydrogen) atoms. The van der Waals surface area contributed by atoms with E-state index in [1.807, 2.05) is 0 Å². The summed E-state index contributed by atoms with van der Waals surface area (Å²) in [5.74, 6) is -1.14. The van der Waals surface area contributed by atoms with E-state index in [-0.39, 0.29) is 5.13 Å². The number of methoxy groups -OCH3 is 1. The van der Waals surface area contributed by atoms with Crippen LogP contribution >= 0.6 is 11.3 Å². The third-order valence-electron chi connectivity index (χ3n) is 2.31. The Morgan fingerprint density at radius 3 is 2.50 bits per heavy atom. The van der Waals surface area contributed by atoms with Crippen LogP contribution in [0.2, 0.25) is 0 Å². The molecule has 2 aromatic rings. The van der Waals surface area contributed by atoms with Crippen molar-refractivity contribution in [2.24, 2.45) is 0 Å². The van der Waals surface area contributed by atoms with Crippen molar-refractivity contribution in [1.82, 2.24) is 10.2 Å². The molecule has 0 atom stereocenters. The SMILES string of the molecule is COc1ccccc1NC(=O)C(=O)Nc1nnc(C)s1. The maximum Gasteiger partial charge on any atom is 0.315 e. The monoisotopic (exact) mass is 292 g/mol. The molecule has 1 aromatic heterocycles. The Morgan fingerprint density at radius 2 is 1.85 bits per heavy atom. The lowest BCUT2D eigenvalue weighted by molar-refractivity contribution is -0.133. The number of nitrogens with one attached hydrogen (secondary N) is 2. The highest BCUT2D eigenvalue weighted by Crippen LogP contribution is 2.23. The Balaban J connectivity index is 2.02. The first-order valence-corrected chi connectivity index (χ1v) is 6.47. The van der Waals surface area contributed by atoms with Crippen molar-refractivity contribution in [3.63, 3.8) is 0 Å². The number of aryl methyl sites for hydroxylation is 1. The second kappa shape index (κ2) is 6.11. The molecule has 0 saturated heterocycles. The highest BCUT2D eigenvalue weighted by Gasteiger charge is 2.17. The number of ether oxygens (including phenoxy) is 1. The minimum atomic E-state index is -0.813. The molecule has 0 spiro atoms. The first-order chi connectivity index (χ1) is 9.60. The normalized spacial score (nSPS) is 9.90. The van der Waals surface area contributed by atoms with E-state index < -0.39 is 11.8 Å². The van der Waals surface area contributed by atoms with E-state index in [1.54, 1.807) is 31.2 Å². The molecule has 1 heterocycles. The van der Waals surface area contributed by atoms with Crippen LogP contribution in [0, 0.1) is 6.92 Å². The molecule has 0 unspecified atom stereocenters. The number of hydrogen-bond donors (Lipinski definition) is 2. The molecule has 0 aliphatic heterocycles. The molecule has 104 valence electrons. The Morgan fingerprint density at radius 1 is 1.15 bits per heavy atom. The summed E-state index contributed by atoms with van der Waals surface area (Å²) in [7, 11) is 1.48. The molecule has 7 nitrogen and oxygen atoms in total. The zero-order valence-electron chi connectivity index (χ0n) is 10.8. The average molecular weight is 292 g/mol. The van der Waals surface area contributed by atoms with Gasteiger partial charge in [0.1, 0.15) is 10.8 Å². The Bertz CT molecular complexity index is 641. The van der Waals surface area contributed by atoms with Crippen molar-refractivity contribution in [2.45, 2.75) is 6.92 Å². The number of rotatable bonds is 3. The van der Waals surface area contributed by atoms with E-state index in [2.05, 4.69) is 20.8 Å². The number of amides is 2. The molecule has 0 aliphatic carbocycles. The van der Waals surface area contributed by atoms with Gasteiger partial charge in [-0.3, -0.25) is 14.9 Å². The third-order valence-corrected chi connectivity index (χ3v) is 3.06. The molecule has 2 rings (SSSR count). The van der Waals surface area contributed by atoms with Gasteiger partial charge in [-0.2, -0.15) is 0 Å².